The molecule has 2 aliphatic rings. The van der Waals surface area contributed by atoms with Crippen LogP contribution in [0.3, 0.4) is 0 Å². The largest absolute Gasteiger partial charge is 0.472 e. The molecule has 3 unspecified atom stereocenters. The molecule has 3 heterocycles. The number of nitrogens with zero attached hydrogens (tertiary/aromatic N) is 4. The van der Waals surface area contributed by atoms with E-state index < -0.39 is 11.7 Å². The number of fused-ring (bicyclic) bond motifs is 2. The molecule has 0 radical (unpaired) electrons. The average molecular weight is 440 g/mol. The maximum Gasteiger partial charge on any atom is 0.417 e. The third kappa shape index (κ3) is 3.79. The molecule has 0 N–H and O–H groups in total. The molecule has 3 atom stereocenters. The van der Waals surface area contributed by atoms with Gasteiger partial charge in [-0.15, -0.1) is 0 Å². The van der Waals surface area contributed by atoms with Crippen molar-refractivity contribution in [3.8, 4) is 17.0 Å². The highest BCUT2D eigenvalue weighted by Gasteiger charge is 2.48. The van der Waals surface area contributed by atoms with Gasteiger partial charge in [-0.1, -0.05) is 18.2 Å². The van der Waals surface area contributed by atoms with Gasteiger partial charge in [0.15, 0.2) is 0 Å². The summed E-state index contributed by atoms with van der Waals surface area (Å²) in [6.07, 6.45) is 0.753. The molecular formula is C23H19F3N4O2. The highest BCUT2D eigenvalue weighted by molar-refractivity contribution is 6.01. The molecule has 1 aromatic carbocycles. The second kappa shape index (κ2) is 7.89. The molecule has 164 valence electrons. The molecule has 2 bridgehead atoms. The molecule has 1 amide bonds. The van der Waals surface area contributed by atoms with Crippen molar-refractivity contribution in [3.63, 3.8) is 0 Å². The van der Waals surface area contributed by atoms with E-state index in [-0.39, 0.29) is 29.9 Å². The van der Waals surface area contributed by atoms with Crippen LogP contribution in [0.2, 0.25) is 0 Å². The van der Waals surface area contributed by atoms with E-state index >= 15 is 0 Å². The lowest BCUT2D eigenvalue weighted by Crippen LogP contribution is -2.47. The van der Waals surface area contributed by atoms with Gasteiger partial charge < -0.3 is 9.64 Å². The number of alkyl halides is 3. The van der Waals surface area contributed by atoms with E-state index in [4.69, 9.17) is 4.74 Å². The number of amides is 1. The van der Waals surface area contributed by atoms with Crippen molar-refractivity contribution < 1.29 is 22.7 Å². The molecule has 9 heteroatoms. The van der Waals surface area contributed by atoms with Gasteiger partial charge in [0.25, 0.3) is 5.91 Å². The smallest absolute Gasteiger partial charge is 0.417 e. The molecule has 2 aromatic heterocycles. The SMILES string of the molecule is O=C(c1ccccc1-c1ccnnc1)N1CC2CC(Oc3ccc(C(F)(F)F)cn3)C1C2. The minimum atomic E-state index is -4.45. The van der Waals surface area contributed by atoms with Crippen molar-refractivity contribution in [3.05, 3.63) is 72.2 Å². The first-order chi connectivity index (χ1) is 15.4. The summed E-state index contributed by atoms with van der Waals surface area (Å²) in [5.41, 5.74) is 1.32. The number of hydrogen-bond acceptors (Lipinski definition) is 5. The Hall–Kier alpha value is -3.49. The molecular weight excluding hydrogens is 421 g/mol. The molecule has 0 spiro atoms. The summed E-state index contributed by atoms with van der Waals surface area (Å²) in [5.74, 6) is 0.322. The molecule has 3 aromatic rings. The van der Waals surface area contributed by atoms with Crippen LogP contribution in [0.4, 0.5) is 13.2 Å². The zero-order chi connectivity index (χ0) is 22.3. The van der Waals surface area contributed by atoms with Gasteiger partial charge in [0.1, 0.15) is 6.10 Å². The summed E-state index contributed by atoms with van der Waals surface area (Å²) in [6, 6.07) is 11.2. The maximum absolute atomic E-state index is 13.5. The number of carbonyl (C=O) groups excluding carboxylic acids is 1. The number of piperidine rings is 1. The first-order valence-electron chi connectivity index (χ1n) is 10.3. The van der Waals surface area contributed by atoms with E-state index in [0.717, 1.165) is 36.2 Å². The average Bonchev–Trinajstić information content (AvgIpc) is 3.40. The summed E-state index contributed by atoms with van der Waals surface area (Å²) in [4.78, 5) is 19.1. The molecule has 1 saturated carbocycles. The standard InChI is InChI=1S/C23H19F3N4O2/c24-23(25,26)16-5-6-21(27-12-16)32-20-10-14-9-19(20)30(13-14)22(31)18-4-2-1-3-17(18)15-7-8-28-29-11-15/h1-8,11-12,14,19-20H,9-10,13H2. The lowest BCUT2D eigenvalue weighted by Gasteiger charge is -2.33. The minimum Gasteiger partial charge on any atom is -0.472 e. The maximum atomic E-state index is 13.5. The molecule has 1 saturated heterocycles. The molecule has 2 fully saturated rings. The van der Waals surface area contributed by atoms with E-state index in [1.54, 1.807) is 24.5 Å². The van der Waals surface area contributed by atoms with Crippen molar-refractivity contribution >= 4 is 5.91 Å². The summed E-state index contributed by atoms with van der Waals surface area (Å²) in [7, 11) is 0. The lowest BCUT2D eigenvalue weighted by molar-refractivity contribution is -0.137. The summed E-state index contributed by atoms with van der Waals surface area (Å²) < 4.78 is 44.2. The van der Waals surface area contributed by atoms with Crippen LogP contribution in [0.25, 0.3) is 11.1 Å². The van der Waals surface area contributed by atoms with E-state index in [9.17, 15) is 18.0 Å². The number of pyridine rings is 1. The van der Waals surface area contributed by atoms with Gasteiger partial charge in [0.2, 0.25) is 5.88 Å². The van der Waals surface area contributed by atoms with Crippen LogP contribution in [-0.2, 0) is 6.18 Å². The molecule has 1 aliphatic heterocycles. The molecule has 6 nitrogen and oxygen atoms in total. The lowest BCUT2D eigenvalue weighted by atomic mass is 9.99. The topological polar surface area (TPSA) is 68.2 Å². The fourth-order valence-corrected chi connectivity index (χ4v) is 4.62. The van der Waals surface area contributed by atoms with Crippen LogP contribution >= 0.6 is 0 Å². The third-order valence-corrected chi connectivity index (χ3v) is 6.07. The van der Waals surface area contributed by atoms with Crippen LogP contribution in [0, 0.1) is 5.92 Å². The number of benzene rings is 1. The number of halogens is 3. The van der Waals surface area contributed by atoms with Crippen LogP contribution in [0.5, 0.6) is 5.88 Å². The number of aromatic nitrogens is 3. The summed E-state index contributed by atoms with van der Waals surface area (Å²) in [6.45, 7) is 0.632. The Morgan fingerprint density at radius 2 is 1.88 bits per heavy atom. The predicted octanol–water partition coefficient (Wildman–Crippen LogP) is 4.24. The molecule has 1 aliphatic carbocycles. The van der Waals surface area contributed by atoms with Gasteiger partial charge in [0, 0.05) is 29.9 Å². The minimum absolute atomic E-state index is 0.0985. The second-order valence-electron chi connectivity index (χ2n) is 8.08. The Labute approximate surface area is 182 Å². The van der Waals surface area contributed by atoms with Crippen molar-refractivity contribution in [2.24, 2.45) is 5.92 Å². The second-order valence-corrected chi connectivity index (χ2v) is 8.08. The highest BCUT2D eigenvalue weighted by Crippen LogP contribution is 2.41. The zero-order valence-electron chi connectivity index (χ0n) is 16.9. The predicted molar refractivity (Wildman–Crippen MR) is 109 cm³/mol. The van der Waals surface area contributed by atoms with E-state index in [2.05, 4.69) is 15.2 Å². The molecule has 5 rings (SSSR count). The van der Waals surface area contributed by atoms with Gasteiger partial charge in [-0.2, -0.15) is 23.4 Å². The first-order valence-corrected chi connectivity index (χ1v) is 10.3. The Kier molecular flexibility index (Phi) is 5.03. The van der Waals surface area contributed by atoms with E-state index in [1.807, 2.05) is 23.1 Å². The van der Waals surface area contributed by atoms with E-state index in [1.165, 1.54) is 6.07 Å². The normalized spacial score (nSPS) is 22.2. The number of likely N-dealkylation sites (tertiary alicyclic amines) is 1. The zero-order valence-corrected chi connectivity index (χ0v) is 16.9. The van der Waals surface area contributed by atoms with Crippen LogP contribution in [-0.4, -0.2) is 44.7 Å². The van der Waals surface area contributed by atoms with Gasteiger partial charge in [0.05, 0.1) is 24.0 Å². The highest BCUT2D eigenvalue weighted by atomic mass is 19.4. The summed E-state index contributed by atoms with van der Waals surface area (Å²) in [5, 5.41) is 7.70. The third-order valence-electron chi connectivity index (χ3n) is 6.07. The van der Waals surface area contributed by atoms with Crippen LogP contribution in [0.1, 0.15) is 28.8 Å². The Balaban J connectivity index is 1.35. The van der Waals surface area contributed by atoms with Gasteiger partial charge in [-0.3, -0.25) is 4.79 Å². The Bertz CT molecular complexity index is 1120. The number of rotatable bonds is 4. The Morgan fingerprint density at radius 1 is 1.03 bits per heavy atom. The molecule has 32 heavy (non-hydrogen) atoms. The van der Waals surface area contributed by atoms with E-state index in [0.29, 0.717) is 12.1 Å². The van der Waals surface area contributed by atoms with Gasteiger partial charge in [-0.05, 0) is 42.5 Å². The van der Waals surface area contributed by atoms with Crippen LogP contribution < -0.4 is 4.74 Å². The fourth-order valence-electron chi connectivity index (χ4n) is 4.62. The summed E-state index contributed by atoms with van der Waals surface area (Å²) >= 11 is 0. The Morgan fingerprint density at radius 3 is 2.56 bits per heavy atom. The van der Waals surface area contributed by atoms with Crippen molar-refractivity contribution in [1.29, 1.82) is 0 Å². The number of carbonyl (C=O) groups is 1. The van der Waals surface area contributed by atoms with Crippen molar-refractivity contribution in [2.45, 2.75) is 31.2 Å². The number of ether oxygens (including phenoxy) is 1. The van der Waals surface area contributed by atoms with Gasteiger partial charge in [-0.25, -0.2) is 4.98 Å². The quantitative estimate of drug-likeness (QED) is 0.607. The van der Waals surface area contributed by atoms with Crippen LogP contribution in [0.15, 0.2) is 61.1 Å². The van der Waals surface area contributed by atoms with Crippen molar-refractivity contribution in [1.82, 2.24) is 20.1 Å². The van der Waals surface area contributed by atoms with Gasteiger partial charge >= 0.3 is 6.18 Å². The van der Waals surface area contributed by atoms with Crippen molar-refractivity contribution in [2.75, 3.05) is 6.54 Å². The fraction of sp³-hybridized carbons (Fsp3) is 0.304. The number of hydrogen-bond donors (Lipinski definition) is 0. The monoisotopic (exact) mass is 440 g/mol. The first kappa shape index (κ1) is 20.4.